The van der Waals surface area contributed by atoms with Gasteiger partial charge in [-0.1, -0.05) is 42.1 Å². The molecule has 3 aromatic rings. The van der Waals surface area contributed by atoms with E-state index in [2.05, 4.69) is 15.2 Å². The van der Waals surface area contributed by atoms with E-state index in [1.807, 2.05) is 59.0 Å². The summed E-state index contributed by atoms with van der Waals surface area (Å²) in [4.78, 5) is 18.6. The van der Waals surface area contributed by atoms with Crippen molar-refractivity contribution < 1.29 is 9.53 Å². The average Bonchev–Trinajstić information content (AvgIpc) is 3.11. The number of carbonyl (C=O) groups excluding carboxylic acids is 1. The lowest BCUT2D eigenvalue weighted by molar-refractivity contribution is -0.129. The summed E-state index contributed by atoms with van der Waals surface area (Å²) in [6.45, 7) is 1.61. The van der Waals surface area contributed by atoms with Gasteiger partial charge in [-0.25, -0.2) is 0 Å². The van der Waals surface area contributed by atoms with Gasteiger partial charge in [0.25, 0.3) is 0 Å². The third-order valence-electron chi connectivity index (χ3n) is 4.23. The largest absolute Gasteiger partial charge is 0.383 e. The SMILES string of the molecule is COCCN(Cc1ccccc1)C(=O)CSc1nnc(-c2ccncc2)n1C. The van der Waals surface area contributed by atoms with E-state index in [-0.39, 0.29) is 5.91 Å². The van der Waals surface area contributed by atoms with Crippen molar-refractivity contribution in [1.82, 2.24) is 24.6 Å². The molecule has 0 spiro atoms. The van der Waals surface area contributed by atoms with Gasteiger partial charge in [-0.3, -0.25) is 9.78 Å². The minimum atomic E-state index is 0.0411. The Morgan fingerprint density at radius 2 is 1.89 bits per heavy atom. The molecular weight excluding hydrogens is 374 g/mol. The van der Waals surface area contributed by atoms with Gasteiger partial charge >= 0.3 is 0 Å². The lowest BCUT2D eigenvalue weighted by Crippen LogP contribution is -2.34. The normalized spacial score (nSPS) is 10.8. The van der Waals surface area contributed by atoms with E-state index in [4.69, 9.17) is 4.74 Å². The molecule has 0 saturated heterocycles. The molecule has 1 amide bonds. The van der Waals surface area contributed by atoms with Gasteiger partial charge in [-0.05, 0) is 17.7 Å². The van der Waals surface area contributed by atoms with Crippen molar-refractivity contribution in [2.24, 2.45) is 7.05 Å². The van der Waals surface area contributed by atoms with Crippen LogP contribution in [0.1, 0.15) is 5.56 Å². The van der Waals surface area contributed by atoms with Crippen LogP contribution in [0, 0.1) is 0 Å². The summed E-state index contributed by atoms with van der Waals surface area (Å²) >= 11 is 1.38. The highest BCUT2D eigenvalue weighted by Crippen LogP contribution is 2.22. The van der Waals surface area contributed by atoms with E-state index >= 15 is 0 Å². The molecule has 1 aromatic carbocycles. The molecule has 8 heteroatoms. The lowest BCUT2D eigenvalue weighted by Gasteiger charge is -2.22. The monoisotopic (exact) mass is 397 g/mol. The lowest BCUT2D eigenvalue weighted by atomic mass is 10.2. The maximum atomic E-state index is 12.8. The van der Waals surface area contributed by atoms with Crippen molar-refractivity contribution in [3.63, 3.8) is 0 Å². The first-order valence-corrected chi connectivity index (χ1v) is 9.91. The Morgan fingerprint density at radius 1 is 1.14 bits per heavy atom. The number of ether oxygens (including phenoxy) is 1. The first kappa shape index (κ1) is 20.0. The van der Waals surface area contributed by atoms with Gasteiger partial charge in [-0.15, -0.1) is 10.2 Å². The topological polar surface area (TPSA) is 73.1 Å². The highest BCUT2D eigenvalue weighted by molar-refractivity contribution is 7.99. The fourth-order valence-electron chi connectivity index (χ4n) is 2.71. The van der Waals surface area contributed by atoms with Crippen molar-refractivity contribution in [3.05, 3.63) is 60.4 Å². The summed E-state index contributed by atoms with van der Waals surface area (Å²) in [6, 6.07) is 13.7. The second kappa shape index (κ2) is 10.0. The second-order valence-electron chi connectivity index (χ2n) is 6.18. The number of nitrogens with zero attached hydrogens (tertiary/aromatic N) is 5. The highest BCUT2D eigenvalue weighted by Gasteiger charge is 2.17. The second-order valence-corrected chi connectivity index (χ2v) is 7.13. The fraction of sp³-hybridized carbons (Fsp3) is 0.300. The molecule has 0 N–H and O–H groups in total. The van der Waals surface area contributed by atoms with Crippen LogP contribution in [0.3, 0.4) is 0 Å². The third-order valence-corrected chi connectivity index (χ3v) is 5.24. The molecule has 0 aliphatic carbocycles. The van der Waals surface area contributed by atoms with Gasteiger partial charge in [0.2, 0.25) is 5.91 Å². The molecule has 2 aromatic heterocycles. The van der Waals surface area contributed by atoms with Gasteiger partial charge in [0.05, 0.1) is 12.4 Å². The van der Waals surface area contributed by atoms with Crippen molar-refractivity contribution in [2.45, 2.75) is 11.7 Å². The summed E-state index contributed by atoms with van der Waals surface area (Å²) in [5.74, 6) is 1.08. The predicted octanol–water partition coefficient (Wildman–Crippen LogP) is 2.64. The number of benzene rings is 1. The van der Waals surface area contributed by atoms with E-state index in [9.17, 15) is 4.79 Å². The zero-order chi connectivity index (χ0) is 19.8. The molecular formula is C20H23N5O2S. The summed E-state index contributed by atoms with van der Waals surface area (Å²) in [6.07, 6.45) is 3.44. The van der Waals surface area contributed by atoms with Crippen LogP contribution < -0.4 is 0 Å². The number of methoxy groups -OCH3 is 1. The zero-order valence-corrected chi connectivity index (χ0v) is 16.8. The van der Waals surface area contributed by atoms with Crippen molar-refractivity contribution >= 4 is 17.7 Å². The van der Waals surface area contributed by atoms with Crippen LogP contribution in [0.4, 0.5) is 0 Å². The van der Waals surface area contributed by atoms with Crippen LogP contribution in [-0.4, -0.2) is 56.6 Å². The van der Waals surface area contributed by atoms with Gasteiger partial charge in [-0.2, -0.15) is 0 Å². The van der Waals surface area contributed by atoms with Crippen LogP contribution in [0.5, 0.6) is 0 Å². The van der Waals surface area contributed by atoms with Crippen LogP contribution in [0.15, 0.2) is 60.0 Å². The first-order valence-electron chi connectivity index (χ1n) is 8.92. The van der Waals surface area contributed by atoms with E-state index in [0.717, 1.165) is 17.0 Å². The van der Waals surface area contributed by atoms with Crippen LogP contribution >= 0.6 is 11.8 Å². The molecule has 0 bridgehead atoms. The smallest absolute Gasteiger partial charge is 0.233 e. The summed E-state index contributed by atoms with van der Waals surface area (Å²) in [7, 11) is 3.54. The van der Waals surface area contributed by atoms with E-state index in [1.165, 1.54) is 11.8 Å². The molecule has 146 valence electrons. The van der Waals surface area contributed by atoms with Crippen LogP contribution in [-0.2, 0) is 23.1 Å². The molecule has 0 aliphatic rings. The average molecular weight is 398 g/mol. The molecule has 28 heavy (non-hydrogen) atoms. The third kappa shape index (κ3) is 5.17. The molecule has 2 heterocycles. The Hall–Kier alpha value is -2.71. The van der Waals surface area contributed by atoms with E-state index in [1.54, 1.807) is 19.5 Å². The maximum absolute atomic E-state index is 12.8. The summed E-state index contributed by atoms with van der Waals surface area (Å²) in [5, 5.41) is 9.18. The van der Waals surface area contributed by atoms with Crippen molar-refractivity contribution in [1.29, 1.82) is 0 Å². The molecule has 0 radical (unpaired) electrons. The predicted molar refractivity (Wildman–Crippen MR) is 109 cm³/mol. The fourth-order valence-corrected chi connectivity index (χ4v) is 3.52. The number of carbonyl (C=O) groups is 1. The Balaban J connectivity index is 1.65. The molecule has 0 unspecified atom stereocenters. The van der Waals surface area contributed by atoms with Gasteiger partial charge < -0.3 is 14.2 Å². The number of hydrogen-bond acceptors (Lipinski definition) is 6. The molecule has 7 nitrogen and oxygen atoms in total. The zero-order valence-electron chi connectivity index (χ0n) is 16.0. The van der Waals surface area contributed by atoms with Crippen LogP contribution in [0.2, 0.25) is 0 Å². The number of rotatable bonds is 9. The van der Waals surface area contributed by atoms with Gasteiger partial charge in [0, 0.05) is 45.2 Å². The minimum absolute atomic E-state index is 0.0411. The Labute approximate surface area is 168 Å². The van der Waals surface area contributed by atoms with Crippen molar-refractivity contribution in [3.8, 4) is 11.4 Å². The van der Waals surface area contributed by atoms with E-state index in [0.29, 0.717) is 30.6 Å². The summed E-state index contributed by atoms with van der Waals surface area (Å²) < 4.78 is 7.05. The standard InChI is InChI=1S/C20H23N5O2S/c1-24-19(17-8-10-21-11-9-17)22-23-20(24)28-15-18(26)25(12-13-27-2)14-16-6-4-3-5-7-16/h3-11H,12-15H2,1-2H3. The first-order chi connectivity index (χ1) is 13.7. The quantitative estimate of drug-likeness (QED) is 0.517. The molecule has 3 rings (SSSR count). The number of pyridine rings is 1. The Morgan fingerprint density at radius 3 is 2.61 bits per heavy atom. The number of amides is 1. The molecule has 0 fully saturated rings. The van der Waals surface area contributed by atoms with Crippen LogP contribution in [0.25, 0.3) is 11.4 Å². The van der Waals surface area contributed by atoms with Crippen molar-refractivity contribution in [2.75, 3.05) is 26.0 Å². The summed E-state index contributed by atoms with van der Waals surface area (Å²) in [5.41, 5.74) is 2.03. The van der Waals surface area contributed by atoms with E-state index < -0.39 is 0 Å². The molecule has 0 atom stereocenters. The molecule has 0 aliphatic heterocycles. The minimum Gasteiger partial charge on any atom is -0.383 e. The Kier molecular flexibility index (Phi) is 7.16. The van der Waals surface area contributed by atoms with Gasteiger partial charge in [0.1, 0.15) is 0 Å². The number of hydrogen-bond donors (Lipinski definition) is 0. The molecule has 0 saturated carbocycles. The highest BCUT2D eigenvalue weighted by atomic mass is 32.2. The number of aromatic nitrogens is 4. The maximum Gasteiger partial charge on any atom is 0.233 e. The Bertz CT molecular complexity index is 886. The van der Waals surface area contributed by atoms with Gasteiger partial charge in [0.15, 0.2) is 11.0 Å². The number of thioether (sulfide) groups is 1.